The number of piperidine rings is 1. The first kappa shape index (κ1) is 13.6. The molecule has 1 aromatic carbocycles. The summed E-state index contributed by atoms with van der Waals surface area (Å²) in [6.45, 7) is 6.74. The first-order valence-corrected chi connectivity index (χ1v) is 7.80. The van der Waals surface area contributed by atoms with Gasteiger partial charge in [0.1, 0.15) is 5.52 Å². The van der Waals surface area contributed by atoms with Gasteiger partial charge in [-0.15, -0.1) is 0 Å². The molecule has 0 amide bonds. The van der Waals surface area contributed by atoms with Crippen LogP contribution in [0.15, 0.2) is 22.6 Å². The van der Waals surface area contributed by atoms with Crippen molar-refractivity contribution in [3.8, 4) is 0 Å². The molecule has 3 heteroatoms. The molecule has 0 saturated carbocycles. The van der Waals surface area contributed by atoms with Crippen molar-refractivity contribution in [2.24, 2.45) is 11.8 Å². The maximum absolute atomic E-state index is 5.89. The minimum atomic E-state index is 0.673. The molecule has 0 aliphatic carbocycles. The van der Waals surface area contributed by atoms with E-state index in [1.165, 1.54) is 18.4 Å². The molecule has 1 saturated heterocycles. The molecule has 0 spiro atoms. The molecule has 1 N–H and O–H groups in total. The van der Waals surface area contributed by atoms with E-state index >= 15 is 0 Å². The summed E-state index contributed by atoms with van der Waals surface area (Å²) in [6, 6.07) is 6.42. The fourth-order valence-corrected chi connectivity index (χ4v) is 3.05. The lowest BCUT2D eigenvalue weighted by Gasteiger charge is -2.21. The molecule has 1 fully saturated rings. The fourth-order valence-electron chi connectivity index (χ4n) is 3.05. The van der Waals surface area contributed by atoms with Gasteiger partial charge in [-0.3, -0.25) is 0 Å². The molecule has 1 aliphatic rings. The molecule has 3 nitrogen and oxygen atoms in total. The molecule has 1 aliphatic heterocycles. The molecule has 2 aromatic rings. The Morgan fingerprint density at radius 2 is 2.30 bits per heavy atom. The summed E-state index contributed by atoms with van der Waals surface area (Å²) in [5.74, 6) is 2.24. The van der Waals surface area contributed by atoms with Crippen LogP contribution in [0.1, 0.15) is 38.1 Å². The number of benzene rings is 1. The quantitative estimate of drug-likeness (QED) is 0.924. The molecule has 1 unspecified atom stereocenters. The van der Waals surface area contributed by atoms with E-state index in [1.54, 1.807) is 0 Å². The Balaban J connectivity index is 1.75. The number of rotatable bonds is 4. The van der Waals surface area contributed by atoms with Crippen LogP contribution in [0.3, 0.4) is 0 Å². The Morgan fingerprint density at radius 1 is 1.40 bits per heavy atom. The number of nitrogens with one attached hydrogen (secondary N) is 1. The second kappa shape index (κ2) is 5.96. The van der Waals surface area contributed by atoms with Gasteiger partial charge in [-0.1, -0.05) is 19.9 Å². The summed E-state index contributed by atoms with van der Waals surface area (Å²) >= 11 is 0. The van der Waals surface area contributed by atoms with E-state index in [0.717, 1.165) is 42.9 Å². The summed E-state index contributed by atoms with van der Waals surface area (Å²) in [6.07, 6.45) is 4.61. The predicted molar refractivity (Wildman–Crippen MR) is 81.8 cm³/mol. The van der Waals surface area contributed by atoms with Gasteiger partial charge < -0.3 is 9.73 Å². The lowest BCUT2D eigenvalue weighted by atomic mass is 9.96. The van der Waals surface area contributed by atoms with Crippen LogP contribution in [-0.4, -0.2) is 18.1 Å². The molecule has 20 heavy (non-hydrogen) atoms. The smallest absolute Gasteiger partial charge is 0.195 e. The van der Waals surface area contributed by atoms with E-state index < -0.39 is 0 Å². The highest BCUT2D eigenvalue weighted by atomic mass is 16.3. The third-order valence-corrected chi connectivity index (χ3v) is 4.00. The van der Waals surface area contributed by atoms with E-state index in [2.05, 4.69) is 42.3 Å². The van der Waals surface area contributed by atoms with Gasteiger partial charge in [0.25, 0.3) is 0 Å². The molecule has 108 valence electrons. The highest BCUT2D eigenvalue weighted by Crippen LogP contribution is 2.22. The number of nitrogens with zero attached hydrogens (tertiary/aromatic N) is 1. The van der Waals surface area contributed by atoms with Crippen LogP contribution in [-0.2, 0) is 12.8 Å². The summed E-state index contributed by atoms with van der Waals surface area (Å²) in [5.41, 5.74) is 3.30. The number of hydrogen-bond donors (Lipinski definition) is 1. The van der Waals surface area contributed by atoms with Crippen LogP contribution in [0, 0.1) is 11.8 Å². The largest absolute Gasteiger partial charge is 0.441 e. The van der Waals surface area contributed by atoms with Crippen molar-refractivity contribution in [3.05, 3.63) is 29.7 Å². The second-order valence-corrected chi connectivity index (χ2v) is 6.42. The minimum absolute atomic E-state index is 0.673. The topological polar surface area (TPSA) is 38.1 Å². The van der Waals surface area contributed by atoms with E-state index in [-0.39, 0.29) is 0 Å². The van der Waals surface area contributed by atoms with Crippen LogP contribution in [0.2, 0.25) is 0 Å². The highest BCUT2D eigenvalue weighted by molar-refractivity contribution is 5.73. The number of hydrogen-bond acceptors (Lipinski definition) is 3. The van der Waals surface area contributed by atoms with Crippen LogP contribution >= 0.6 is 0 Å². The van der Waals surface area contributed by atoms with E-state index in [4.69, 9.17) is 4.42 Å². The molecule has 2 heterocycles. The van der Waals surface area contributed by atoms with Gasteiger partial charge >= 0.3 is 0 Å². The van der Waals surface area contributed by atoms with Crippen LogP contribution < -0.4 is 5.32 Å². The summed E-state index contributed by atoms with van der Waals surface area (Å²) < 4.78 is 5.89. The highest BCUT2D eigenvalue weighted by Gasteiger charge is 2.17. The summed E-state index contributed by atoms with van der Waals surface area (Å²) in [7, 11) is 0. The van der Waals surface area contributed by atoms with Gasteiger partial charge in [-0.25, -0.2) is 4.98 Å². The number of fused-ring (bicyclic) bond motifs is 1. The van der Waals surface area contributed by atoms with Crippen LogP contribution in [0.4, 0.5) is 0 Å². The lowest BCUT2D eigenvalue weighted by molar-refractivity contribution is 0.349. The van der Waals surface area contributed by atoms with Crippen molar-refractivity contribution in [3.63, 3.8) is 0 Å². The number of oxazole rings is 1. The van der Waals surface area contributed by atoms with E-state index in [9.17, 15) is 0 Å². The Bertz CT molecular complexity index is 567. The zero-order valence-electron chi connectivity index (χ0n) is 12.5. The van der Waals surface area contributed by atoms with Crippen molar-refractivity contribution in [2.75, 3.05) is 13.1 Å². The van der Waals surface area contributed by atoms with Gasteiger partial charge in [0, 0.05) is 6.42 Å². The van der Waals surface area contributed by atoms with Gasteiger partial charge in [0.2, 0.25) is 0 Å². The zero-order valence-corrected chi connectivity index (χ0v) is 12.5. The van der Waals surface area contributed by atoms with Gasteiger partial charge in [-0.05, 0) is 61.9 Å². The average molecular weight is 272 g/mol. The summed E-state index contributed by atoms with van der Waals surface area (Å²) in [5, 5.41) is 3.45. The Kier molecular flexibility index (Phi) is 4.06. The lowest BCUT2D eigenvalue weighted by Crippen LogP contribution is -2.30. The Labute approximate surface area is 120 Å². The molecule has 3 rings (SSSR count). The number of aromatic nitrogens is 1. The van der Waals surface area contributed by atoms with Crippen molar-refractivity contribution >= 4 is 11.1 Å². The first-order chi connectivity index (χ1) is 9.70. The third-order valence-electron chi connectivity index (χ3n) is 4.00. The Morgan fingerprint density at radius 3 is 3.05 bits per heavy atom. The fraction of sp³-hybridized carbons (Fsp3) is 0.588. The van der Waals surface area contributed by atoms with Crippen LogP contribution in [0.5, 0.6) is 0 Å². The molecule has 1 aromatic heterocycles. The molecular formula is C17H24N2O. The average Bonchev–Trinajstić information content (AvgIpc) is 2.80. The zero-order chi connectivity index (χ0) is 13.9. The van der Waals surface area contributed by atoms with Gasteiger partial charge in [0.05, 0.1) is 0 Å². The molecule has 0 bridgehead atoms. The summed E-state index contributed by atoms with van der Waals surface area (Å²) in [4.78, 5) is 4.68. The third kappa shape index (κ3) is 3.21. The van der Waals surface area contributed by atoms with Crippen molar-refractivity contribution in [1.82, 2.24) is 10.3 Å². The van der Waals surface area contributed by atoms with E-state index in [1.807, 2.05) is 0 Å². The predicted octanol–water partition coefficient (Wildman–Crippen LogP) is 3.57. The standard InChI is InChI=1S/C17H24N2O/c1-12(2)8-13-5-6-16-15(9-13)19-17(20-16)10-14-4-3-7-18-11-14/h5-6,9,12,14,18H,3-4,7-8,10-11H2,1-2H3. The Hall–Kier alpha value is -1.35. The SMILES string of the molecule is CC(C)Cc1ccc2oc(CC3CCCNC3)nc2c1. The second-order valence-electron chi connectivity index (χ2n) is 6.42. The van der Waals surface area contributed by atoms with Crippen molar-refractivity contribution in [1.29, 1.82) is 0 Å². The van der Waals surface area contributed by atoms with Crippen molar-refractivity contribution in [2.45, 2.75) is 39.5 Å². The molecule has 1 atom stereocenters. The van der Waals surface area contributed by atoms with Gasteiger partial charge in [0.15, 0.2) is 11.5 Å². The van der Waals surface area contributed by atoms with Crippen molar-refractivity contribution < 1.29 is 4.42 Å². The van der Waals surface area contributed by atoms with Crippen LogP contribution in [0.25, 0.3) is 11.1 Å². The monoisotopic (exact) mass is 272 g/mol. The van der Waals surface area contributed by atoms with Gasteiger partial charge in [-0.2, -0.15) is 0 Å². The first-order valence-electron chi connectivity index (χ1n) is 7.80. The molecule has 0 radical (unpaired) electrons. The minimum Gasteiger partial charge on any atom is -0.441 e. The van der Waals surface area contributed by atoms with E-state index in [0.29, 0.717) is 11.8 Å². The maximum Gasteiger partial charge on any atom is 0.195 e. The normalized spacial score (nSPS) is 19.9. The molecular weight excluding hydrogens is 248 g/mol. The maximum atomic E-state index is 5.89.